The van der Waals surface area contributed by atoms with E-state index >= 15 is 0 Å². The van der Waals surface area contributed by atoms with Gasteiger partial charge in [-0.2, -0.15) is 0 Å². The van der Waals surface area contributed by atoms with Gasteiger partial charge in [-0.1, -0.05) is 28.6 Å². The lowest BCUT2D eigenvalue weighted by molar-refractivity contribution is -0.141. The molecule has 0 rings (SSSR count). The highest BCUT2D eigenvalue weighted by molar-refractivity contribution is 9.12. The fourth-order valence-electron chi connectivity index (χ4n) is 1.54. The minimum absolute atomic E-state index is 0.211. The van der Waals surface area contributed by atoms with Crippen LogP contribution in [0.4, 0.5) is 0 Å². The number of aliphatic imine (C=N–C) groups is 1. The molecule has 4 nitrogen and oxygen atoms in total. The minimum Gasteiger partial charge on any atom is -0.468 e. The molecule has 1 unspecified atom stereocenters. The van der Waals surface area contributed by atoms with Crippen molar-refractivity contribution in [2.45, 2.75) is 20.8 Å². The SMILES string of the molecule is C=C(C)/C(Br)=C\C=C(/C)C(=C=O)C(C(=O)OC)/C(C)=N\C. The van der Waals surface area contributed by atoms with Gasteiger partial charge >= 0.3 is 5.97 Å². The van der Waals surface area contributed by atoms with Gasteiger partial charge in [0.25, 0.3) is 0 Å². The van der Waals surface area contributed by atoms with Gasteiger partial charge in [0.2, 0.25) is 0 Å². The smallest absolute Gasteiger partial charge is 0.319 e. The highest BCUT2D eigenvalue weighted by Gasteiger charge is 2.28. The van der Waals surface area contributed by atoms with E-state index in [0.29, 0.717) is 11.3 Å². The summed E-state index contributed by atoms with van der Waals surface area (Å²) in [6.45, 7) is 9.05. The Hall–Kier alpha value is -1.71. The number of halogens is 1. The molecule has 0 N–H and O–H groups in total. The highest BCUT2D eigenvalue weighted by atomic mass is 79.9. The zero-order valence-electron chi connectivity index (χ0n) is 13.0. The average molecular weight is 354 g/mol. The number of rotatable bonds is 6. The summed E-state index contributed by atoms with van der Waals surface area (Å²) in [5.74, 6) is 0.458. The maximum atomic E-state index is 11.9. The van der Waals surface area contributed by atoms with Crippen LogP contribution in [0.5, 0.6) is 0 Å². The average Bonchev–Trinajstić information content (AvgIpc) is 2.47. The Morgan fingerprint density at radius 2 is 1.90 bits per heavy atom. The molecule has 0 aliphatic rings. The van der Waals surface area contributed by atoms with Gasteiger partial charge in [0.05, 0.1) is 12.7 Å². The van der Waals surface area contributed by atoms with E-state index in [1.807, 2.05) is 12.9 Å². The Kier molecular flexibility index (Phi) is 8.51. The Morgan fingerprint density at radius 1 is 1.33 bits per heavy atom. The Bertz CT molecular complexity index is 564. The third kappa shape index (κ3) is 5.66. The summed E-state index contributed by atoms with van der Waals surface area (Å²) in [4.78, 5) is 27.2. The summed E-state index contributed by atoms with van der Waals surface area (Å²) in [7, 11) is 2.83. The quantitative estimate of drug-likeness (QED) is 0.318. The fourth-order valence-corrected chi connectivity index (χ4v) is 1.67. The Balaban J connectivity index is 5.73. The van der Waals surface area contributed by atoms with Gasteiger partial charge in [-0.3, -0.25) is 9.79 Å². The predicted molar refractivity (Wildman–Crippen MR) is 89.3 cm³/mol. The van der Waals surface area contributed by atoms with Crippen molar-refractivity contribution in [1.82, 2.24) is 0 Å². The first-order valence-corrected chi connectivity index (χ1v) is 7.05. The molecule has 0 aromatic carbocycles. The van der Waals surface area contributed by atoms with Crippen molar-refractivity contribution in [3.8, 4) is 0 Å². The first-order valence-electron chi connectivity index (χ1n) is 6.26. The van der Waals surface area contributed by atoms with Gasteiger partial charge in [0.1, 0.15) is 11.9 Å². The van der Waals surface area contributed by atoms with Crippen molar-refractivity contribution in [2.24, 2.45) is 10.9 Å². The number of hydrogen-bond acceptors (Lipinski definition) is 4. The largest absolute Gasteiger partial charge is 0.468 e. The number of hydrogen-bond donors (Lipinski definition) is 0. The third-order valence-electron chi connectivity index (χ3n) is 2.92. The van der Waals surface area contributed by atoms with Crippen LogP contribution in [0.3, 0.4) is 0 Å². The highest BCUT2D eigenvalue weighted by Crippen LogP contribution is 2.22. The van der Waals surface area contributed by atoms with Crippen molar-refractivity contribution in [3.63, 3.8) is 0 Å². The molecule has 0 spiro atoms. The molecule has 0 saturated carbocycles. The number of methoxy groups -OCH3 is 1. The van der Waals surface area contributed by atoms with Crippen molar-refractivity contribution < 1.29 is 14.3 Å². The summed E-state index contributed by atoms with van der Waals surface area (Å²) in [6.07, 6.45) is 3.49. The van der Waals surface area contributed by atoms with E-state index < -0.39 is 11.9 Å². The molecule has 0 saturated heterocycles. The maximum absolute atomic E-state index is 11.9. The van der Waals surface area contributed by atoms with E-state index in [-0.39, 0.29) is 5.57 Å². The molecule has 0 aliphatic carbocycles. The molecule has 0 heterocycles. The zero-order valence-corrected chi connectivity index (χ0v) is 14.6. The molecule has 0 aliphatic heterocycles. The van der Waals surface area contributed by atoms with Crippen LogP contribution >= 0.6 is 15.9 Å². The monoisotopic (exact) mass is 353 g/mol. The van der Waals surface area contributed by atoms with Crippen LogP contribution in [0.15, 0.2) is 44.9 Å². The third-order valence-corrected chi connectivity index (χ3v) is 3.86. The second-order valence-corrected chi connectivity index (χ2v) is 5.34. The molecule has 0 fully saturated rings. The van der Waals surface area contributed by atoms with Crippen molar-refractivity contribution in [1.29, 1.82) is 0 Å². The van der Waals surface area contributed by atoms with Crippen LogP contribution in [0.25, 0.3) is 0 Å². The molecule has 114 valence electrons. The van der Waals surface area contributed by atoms with E-state index in [9.17, 15) is 9.59 Å². The lowest BCUT2D eigenvalue weighted by Gasteiger charge is -2.15. The number of ether oxygens (including phenoxy) is 1. The van der Waals surface area contributed by atoms with E-state index in [4.69, 9.17) is 4.74 Å². The normalized spacial score (nSPS) is 14.3. The van der Waals surface area contributed by atoms with Crippen molar-refractivity contribution in [2.75, 3.05) is 14.2 Å². The molecule has 0 aromatic rings. The molecule has 21 heavy (non-hydrogen) atoms. The lowest BCUT2D eigenvalue weighted by Crippen LogP contribution is -2.26. The maximum Gasteiger partial charge on any atom is 0.319 e. The molecule has 0 bridgehead atoms. The first kappa shape index (κ1) is 19.3. The Labute approximate surface area is 134 Å². The summed E-state index contributed by atoms with van der Waals surface area (Å²) in [5, 5.41) is 0. The molecular formula is C16H20BrNO3. The van der Waals surface area contributed by atoms with Crippen LogP contribution in [-0.2, 0) is 14.3 Å². The zero-order chi connectivity index (χ0) is 16.6. The summed E-state index contributed by atoms with van der Waals surface area (Å²) < 4.78 is 5.55. The van der Waals surface area contributed by atoms with Crippen molar-refractivity contribution in [3.05, 3.63) is 39.9 Å². The first-order chi connectivity index (χ1) is 9.79. The summed E-state index contributed by atoms with van der Waals surface area (Å²) >= 11 is 3.36. The number of carbonyl (C=O) groups excluding carboxylic acids is 2. The molecule has 5 heteroatoms. The van der Waals surface area contributed by atoms with E-state index in [0.717, 1.165) is 10.1 Å². The molecule has 0 radical (unpaired) electrons. The number of nitrogens with zero attached hydrogens (tertiary/aromatic N) is 1. The van der Waals surface area contributed by atoms with Gasteiger partial charge in [0.15, 0.2) is 0 Å². The van der Waals surface area contributed by atoms with Gasteiger partial charge in [-0.15, -0.1) is 0 Å². The van der Waals surface area contributed by atoms with Crippen LogP contribution < -0.4 is 0 Å². The molecule has 0 amide bonds. The number of esters is 1. The van der Waals surface area contributed by atoms with Crippen LogP contribution in [0.2, 0.25) is 0 Å². The van der Waals surface area contributed by atoms with E-state index in [2.05, 4.69) is 27.5 Å². The standard InChI is InChI=1S/C16H20BrNO3/c1-10(2)14(17)8-7-11(3)13(9-19)15(12(4)18-5)16(20)21-6/h7-8,15H,1H2,2-6H3/b11-7+,14-8+,18-12-. The van der Waals surface area contributed by atoms with Gasteiger partial charge in [-0.25, -0.2) is 4.79 Å². The topological polar surface area (TPSA) is 55.7 Å². The second-order valence-electron chi connectivity index (χ2n) is 4.48. The van der Waals surface area contributed by atoms with E-state index in [1.165, 1.54) is 7.11 Å². The number of allylic oxidation sites excluding steroid dienone is 5. The van der Waals surface area contributed by atoms with Crippen LogP contribution in [0.1, 0.15) is 20.8 Å². The summed E-state index contributed by atoms with van der Waals surface area (Å²) in [5.41, 5.74) is 2.17. The van der Waals surface area contributed by atoms with Crippen molar-refractivity contribution >= 4 is 33.6 Å². The number of carbonyl (C=O) groups is 1. The lowest BCUT2D eigenvalue weighted by atomic mass is 9.90. The minimum atomic E-state index is -0.842. The predicted octanol–water partition coefficient (Wildman–Crippen LogP) is 3.43. The Morgan fingerprint density at radius 3 is 2.29 bits per heavy atom. The van der Waals surface area contributed by atoms with Crippen LogP contribution in [-0.4, -0.2) is 31.8 Å². The van der Waals surface area contributed by atoms with E-state index in [1.54, 1.807) is 33.0 Å². The second kappa shape index (κ2) is 9.27. The fraction of sp³-hybridized carbons (Fsp3) is 0.375. The van der Waals surface area contributed by atoms with Gasteiger partial charge in [-0.05, 0) is 38.0 Å². The molecule has 0 aromatic heterocycles. The van der Waals surface area contributed by atoms with Gasteiger partial charge in [0, 0.05) is 17.2 Å². The van der Waals surface area contributed by atoms with Crippen LogP contribution in [0, 0.1) is 5.92 Å². The van der Waals surface area contributed by atoms with Gasteiger partial charge < -0.3 is 4.74 Å². The molecular weight excluding hydrogens is 334 g/mol. The molecule has 1 atom stereocenters. The summed E-state index contributed by atoms with van der Waals surface area (Å²) in [6, 6.07) is 0.